The number of aliphatic carboxylic acids is 1. The maximum absolute atomic E-state index is 10.6. The van der Waals surface area contributed by atoms with Gasteiger partial charge < -0.3 is 9.84 Å². The molecule has 0 fully saturated rings. The maximum atomic E-state index is 10.6. The zero-order chi connectivity index (χ0) is 13.0. The fraction of sp³-hybridized carbons (Fsp3) is 0.400. The van der Waals surface area contributed by atoms with Gasteiger partial charge in [0.05, 0.1) is 0 Å². The van der Waals surface area contributed by atoms with Crippen molar-refractivity contribution in [3.8, 4) is 5.75 Å². The van der Waals surface area contributed by atoms with Gasteiger partial charge in [0.2, 0.25) is 0 Å². The Morgan fingerprint density at radius 3 is 3.00 bits per heavy atom. The molecule has 1 aromatic rings. The van der Waals surface area contributed by atoms with E-state index in [1.54, 1.807) is 0 Å². The summed E-state index contributed by atoms with van der Waals surface area (Å²) in [4.78, 5) is 10.6. The summed E-state index contributed by atoms with van der Waals surface area (Å²) >= 11 is 0. The lowest BCUT2D eigenvalue weighted by atomic mass is 10.0. The van der Waals surface area contributed by atoms with Crippen LogP contribution >= 0.6 is 0 Å². The molecule has 1 aliphatic rings. The summed E-state index contributed by atoms with van der Waals surface area (Å²) < 4.78 is 5.92. The Morgan fingerprint density at radius 1 is 1.44 bits per heavy atom. The topological polar surface area (TPSA) is 46.5 Å². The third-order valence-electron chi connectivity index (χ3n) is 3.05. The average molecular weight is 246 g/mol. The van der Waals surface area contributed by atoms with Crippen LogP contribution in [0.15, 0.2) is 24.3 Å². The quantitative estimate of drug-likeness (QED) is 0.867. The lowest BCUT2D eigenvalue weighted by molar-refractivity contribution is -0.137. The molecular formula is C15H18O3. The van der Waals surface area contributed by atoms with Gasteiger partial charge in [-0.05, 0) is 24.5 Å². The van der Waals surface area contributed by atoms with E-state index in [4.69, 9.17) is 9.84 Å². The fourth-order valence-electron chi connectivity index (χ4n) is 2.17. The first-order chi connectivity index (χ1) is 8.70. The highest BCUT2D eigenvalue weighted by atomic mass is 16.5. The van der Waals surface area contributed by atoms with Crippen molar-refractivity contribution in [3.63, 3.8) is 0 Å². The van der Waals surface area contributed by atoms with E-state index in [1.807, 2.05) is 24.3 Å². The van der Waals surface area contributed by atoms with Gasteiger partial charge in [-0.2, -0.15) is 0 Å². The molecule has 1 N–H and O–H groups in total. The number of rotatable bonds is 5. The highest BCUT2D eigenvalue weighted by Crippen LogP contribution is 2.31. The third-order valence-corrected chi connectivity index (χ3v) is 3.05. The van der Waals surface area contributed by atoms with Gasteiger partial charge in [-0.15, -0.1) is 0 Å². The first-order valence-electron chi connectivity index (χ1n) is 6.39. The molecule has 0 amide bonds. The molecule has 96 valence electrons. The van der Waals surface area contributed by atoms with E-state index in [2.05, 4.69) is 13.0 Å². The first-order valence-corrected chi connectivity index (χ1v) is 6.39. The van der Waals surface area contributed by atoms with Gasteiger partial charge >= 0.3 is 5.97 Å². The van der Waals surface area contributed by atoms with Gasteiger partial charge in [-0.25, -0.2) is 0 Å². The van der Waals surface area contributed by atoms with Crippen molar-refractivity contribution < 1.29 is 14.6 Å². The van der Waals surface area contributed by atoms with Crippen molar-refractivity contribution in [1.82, 2.24) is 0 Å². The summed E-state index contributed by atoms with van der Waals surface area (Å²) in [6.07, 6.45) is 6.58. The normalized spacial score (nSPS) is 17.1. The third kappa shape index (κ3) is 2.92. The zero-order valence-electron chi connectivity index (χ0n) is 10.6. The molecular weight excluding hydrogens is 228 g/mol. The second-order valence-electron chi connectivity index (χ2n) is 4.53. The van der Waals surface area contributed by atoms with Crippen molar-refractivity contribution in [1.29, 1.82) is 0 Å². The Morgan fingerprint density at radius 2 is 2.28 bits per heavy atom. The van der Waals surface area contributed by atoms with E-state index >= 15 is 0 Å². The molecule has 1 unspecified atom stereocenters. The number of aryl methyl sites for hydroxylation is 1. The molecule has 0 radical (unpaired) electrons. The van der Waals surface area contributed by atoms with Crippen LogP contribution in [0.3, 0.4) is 0 Å². The van der Waals surface area contributed by atoms with Crippen LogP contribution in [0.4, 0.5) is 0 Å². The Balaban J connectivity index is 2.13. The number of fused-ring (bicyclic) bond motifs is 1. The summed E-state index contributed by atoms with van der Waals surface area (Å²) in [7, 11) is 0. The highest BCUT2D eigenvalue weighted by molar-refractivity contribution is 5.67. The molecule has 0 aliphatic carbocycles. The summed E-state index contributed by atoms with van der Waals surface area (Å²) in [6.45, 7) is 2.14. The van der Waals surface area contributed by atoms with Gasteiger partial charge in [0, 0.05) is 12.0 Å². The van der Waals surface area contributed by atoms with E-state index < -0.39 is 5.97 Å². The van der Waals surface area contributed by atoms with Crippen LogP contribution in [0, 0.1) is 0 Å². The monoisotopic (exact) mass is 246 g/mol. The van der Waals surface area contributed by atoms with Crippen LogP contribution in [0.25, 0.3) is 6.08 Å². The Labute approximate surface area is 107 Å². The smallest absolute Gasteiger partial charge is 0.303 e. The van der Waals surface area contributed by atoms with E-state index in [9.17, 15) is 4.79 Å². The molecule has 1 atom stereocenters. The van der Waals surface area contributed by atoms with Gasteiger partial charge in [0.25, 0.3) is 0 Å². The van der Waals surface area contributed by atoms with Crippen molar-refractivity contribution in [2.75, 3.05) is 0 Å². The lowest BCUT2D eigenvalue weighted by Gasteiger charge is -2.23. The molecule has 0 saturated heterocycles. The van der Waals surface area contributed by atoms with Crippen molar-refractivity contribution in [2.45, 2.75) is 38.7 Å². The summed E-state index contributed by atoms with van der Waals surface area (Å²) in [5, 5.41) is 8.70. The minimum Gasteiger partial charge on any atom is -0.485 e. The standard InChI is InChI=1S/C15H18O3/c1-2-4-11-5-3-6-12-7-8-13(18-15(11)12)9-10-14(16)17/h3,5-8,13H,2,4,9-10H2,1H3,(H,16,17). The van der Waals surface area contributed by atoms with Gasteiger partial charge in [-0.1, -0.05) is 37.6 Å². The van der Waals surface area contributed by atoms with Crippen molar-refractivity contribution >= 4 is 12.0 Å². The largest absolute Gasteiger partial charge is 0.485 e. The first kappa shape index (κ1) is 12.7. The SMILES string of the molecule is CCCc1cccc2c1OC(CCC(=O)O)C=C2. The van der Waals surface area contributed by atoms with Gasteiger partial charge in [0.15, 0.2) is 0 Å². The number of benzene rings is 1. The number of hydrogen-bond donors (Lipinski definition) is 1. The van der Waals surface area contributed by atoms with Crippen LogP contribution in [-0.2, 0) is 11.2 Å². The van der Waals surface area contributed by atoms with Crippen LogP contribution in [0.5, 0.6) is 5.75 Å². The number of carboxylic acids is 1. The molecule has 3 heteroatoms. The van der Waals surface area contributed by atoms with Crippen LogP contribution < -0.4 is 4.74 Å². The van der Waals surface area contributed by atoms with Crippen molar-refractivity contribution in [2.24, 2.45) is 0 Å². The molecule has 2 rings (SSSR count). The molecule has 0 saturated carbocycles. The fourth-order valence-corrected chi connectivity index (χ4v) is 2.17. The molecule has 0 spiro atoms. The second-order valence-corrected chi connectivity index (χ2v) is 4.53. The second kappa shape index (κ2) is 5.71. The van der Waals surface area contributed by atoms with Crippen LogP contribution in [0.1, 0.15) is 37.3 Å². The van der Waals surface area contributed by atoms with Crippen molar-refractivity contribution in [3.05, 3.63) is 35.4 Å². The number of hydrogen-bond acceptors (Lipinski definition) is 2. The average Bonchev–Trinajstić information content (AvgIpc) is 2.37. The molecule has 1 aliphatic heterocycles. The van der Waals surface area contributed by atoms with Gasteiger partial charge in [0.1, 0.15) is 11.9 Å². The number of ether oxygens (including phenoxy) is 1. The number of para-hydroxylation sites is 1. The predicted molar refractivity (Wildman–Crippen MR) is 70.8 cm³/mol. The summed E-state index contributed by atoms with van der Waals surface area (Å²) in [5.41, 5.74) is 2.30. The van der Waals surface area contributed by atoms with E-state index in [0.717, 1.165) is 24.2 Å². The Bertz CT molecular complexity index is 463. The molecule has 3 nitrogen and oxygen atoms in total. The van der Waals surface area contributed by atoms with Crippen LogP contribution in [-0.4, -0.2) is 17.2 Å². The Kier molecular flexibility index (Phi) is 4.03. The van der Waals surface area contributed by atoms with E-state index in [-0.39, 0.29) is 12.5 Å². The molecule has 1 aromatic carbocycles. The van der Waals surface area contributed by atoms with E-state index in [0.29, 0.717) is 6.42 Å². The highest BCUT2D eigenvalue weighted by Gasteiger charge is 2.18. The molecule has 0 aromatic heterocycles. The molecule has 0 bridgehead atoms. The minimum atomic E-state index is -0.778. The van der Waals surface area contributed by atoms with Crippen LogP contribution in [0.2, 0.25) is 0 Å². The predicted octanol–water partition coefficient (Wildman–Crippen LogP) is 3.28. The number of carboxylic acid groups (broad SMARTS) is 1. The summed E-state index contributed by atoms with van der Waals surface area (Å²) in [5.74, 6) is 0.150. The lowest BCUT2D eigenvalue weighted by Crippen LogP contribution is -2.19. The zero-order valence-corrected chi connectivity index (χ0v) is 10.6. The Hall–Kier alpha value is -1.77. The summed E-state index contributed by atoms with van der Waals surface area (Å²) in [6, 6.07) is 6.14. The molecule has 1 heterocycles. The molecule has 18 heavy (non-hydrogen) atoms. The minimum absolute atomic E-state index is 0.119. The van der Waals surface area contributed by atoms with E-state index in [1.165, 1.54) is 5.56 Å². The van der Waals surface area contributed by atoms with Gasteiger partial charge in [-0.3, -0.25) is 4.79 Å². The maximum Gasteiger partial charge on any atom is 0.303 e. The number of carbonyl (C=O) groups is 1.